The van der Waals surface area contributed by atoms with E-state index >= 15 is 0 Å². The van der Waals surface area contributed by atoms with Crippen molar-refractivity contribution < 1.29 is 0 Å². The zero-order valence-corrected chi connectivity index (χ0v) is 8.65. The zero-order valence-electron chi connectivity index (χ0n) is 7.07. The third-order valence-electron chi connectivity index (χ3n) is 1.72. The van der Waals surface area contributed by atoms with Crippen LogP contribution >= 0.6 is 15.9 Å². The number of rotatable bonds is 1. The lowest BCUT2D eigenvalue weighted by Gasteiger charge is -1.98. The molecular weight excluding hydrogens is 246 g/mol. The molecule has 2 heterocycles. The van der Waals surface area contributed by atoms with E-state index < -0.39 is 0 Å². The molecule has 0 fully saturated rings. The van der Waals surface area contributed by atoms with Crippen molar-refractivity contribution in [3.8, 4) is 11.3 Å². The highest BCUT2D eigenvalue weighted by Crippen LogP contribution is 2.15. The lowest BCUT2D eigenvalue weighted by molar-refractivity contribution is 1.17. The van der Waals surface area contributed by atoms with Crippen LogP contribution in [0, 0.1) is 0 Å². The first-order valence-corrected chi connectivity index (χ1v) is 4.71. The van der Waals surface area contributed by atoms with Gasteiger partial charge in [-0.3, -0.25) is 14.8 Å². The van der Waals surface area contributed by atoms with E-state index in [0.29, 0.717) is 4.47 Å². The quantitative estimate of drug-likeness (QED) is 0.838. The van der Waals surface area contributed by atoms with Crippen LogP contribution in [-0.2, 0) is 0 Å². The van der Waals surface area contributed by atoms with Crippen LogP contribution in [0.25, 0.3) is 11.3 Å². The number of nitrogens with zero attached hydrogens (tertiary/aromatic N) is 2. The van der Waals surface area contributed by atoms with Crippen LogP contribution in [0.5, 0.6) is 0 Å². The standard InChI is InChI=1S/C9H6BrN3O/c10-7-3-6(4-13-9(7)14)8-5-11-1-2-12-8/h1-5H,(H,13,14). The predicted molar refractivity (Wildman–Crippen MR) is 55.8 cm³/mol. The van der Waals surface area contributed by atoms with E-state index in [-0.39, 0.29) is 5.56 Å². The van der Waals surface area contributed by atoms with Crippen molar-refractivity contribution in [1.82, 2.24) is 15.0 Å². The lowest BCUT2D eigenvalue weighted by atomic mass is 10.2. The second-order valence-corrected chi connectivity index (χ2v) is 3.51. The normalized spacial score (nSPS) is 10.1. The number of aromatic amines is 1. The summed E-state index contributed by atoms with van der Waals surface area (Å²) >= 11 is 3.15. The predicted octanol–water partition coefficient (Wildman–Crippen LogP) is 1.59. The van der Waals surface area contributed by atoms with Crippen molar-refractivity contribution in [3.63, 3.8) is 0 Å². The van der Waals surface area contributed by atoms with E-state index in [0.717, 1.165) is 11.3 Å². The molecule has 0 aliphatic carbocycles. The molecule has 2 aromatic heterocycles. The number of hydrogen-bond donors (Lipinski definition) is 1. The first-order chi connectivity index (χ1) is 6.77. The summed E-state index contributed by atoms with van der Waals surface area (Å²) < 4.78 is 0.487. The third kappa shape index (κ3) is 1.72. The van der Waals surface area contributed by atoms with Crippen LogP contribution in [-0.4, -0.2) is 15.0 Å². The van der Waals surface area contributed by atoms with Crippen LogP contribution < -0.4 is 5.56 Å². The summed E-state index contributed by atoms with van der Waals surface area (Å²) in [5.41, 5.74) is 1.40. The van der Waals surface area contributed by atoms with Crippen molar-refractivity contribution in [2.24, 2.45) is 0 Å². The Labute approximate surface area is 88.2 Å². The maximum atomic E-state index is 11.1. The van der Waals surface area contributed by atoms with E-state index in [4.69, 9.17) is 0 Å². The molecule has 14 heavy (non-hydrogen) atoms. The van der Waals surface area contributed by atoms with Gasteiger partial charge in [0.2, 0.25) is 0 Å². The molecule has 2 aromatic rings. The van der Waals surface area contributed by atoms with Crippen molar-refractivity contribution in [2.45, 2.75) is 0 Å². The zero-order chi connectivity index (χ0) is 9.97. The van der Waals surface area contributed by atoms with E-state index in [1.807, 2.05) is 0 Å². The average molecular weight is 252 g/mol. The Kier molecular flexibility index (Phi) is 2.41. The van der Waals surface area contributed by atoms with Crippen LogP contribution in [0.15, 0.2) is 40.1 Å². The molecule has 0 aromatic carbocycles. The second kappa shape index (κ2) is 3.71. The molecule has 0 bridgehead atoms. The van der Waals surface area contributed by atoms with Gasteiger partial charge in [-0.25, -0.2) is 0 Å². The van der Waals surface area contributed by atoms with Gasteiger partial charge < -0.3 is 4.98 Å². The van der Waals surface area contributed by atoms with Gasteiger partial charge in [0, 0.05) is 24.2 Å². The van der Waals surface area contributed by atoms with Gasteiger partial charge in [0.25, 0.3) is 5.56 Å². The fourth-order valence-corrected chi connectivity index (χ4v) is 1.41. The van der Waals surface area contributed by atoms with Crippen molar-refractivity contribution in [2.75, 3.05) is 0 Å². The van der Waals surface area contributed by atoms with Crippen molar-refractivity contribution in [1.29, 1.82) is 0 Å². The molecule has 0 atom stereocenters. The van der Waals surface area contributed by atoms with Gasteiger partial charge in [0.15, 0.2) is 0 Å². The molecule has 0 aliphatic heterocycles. The minimum atomic E-state index is -0.155. The topological polar surface area (TPSA) is 58.6 Å². The number of pyridine rings is 1. The average Bonchev–Trinajstić information content (AvgIpc) is 2.23. The van der Waals surface area contributed by atoms with Crippen LogP contribution in [0.2, 0.25) is 0 Å². The Balaban J connectivity index is 2.54. The van der Waals surface area contributed by atoms with Crippen LogP contribution in [0.4, 0.5) is 0 Å². The van der Waals surface area contributed by atoms with Gasteiger partial charge in [-0.1, -0.05) is 0 Å². The van der Waals surface area contributed by atoms with Gasteiger partial charge in [-0.05, 0) is 22.0 Å². The fraction of sp³-hybridized carbons (Fsp3) is 0. The highest BCUT2D eigenvalue weighted by atomic mass is 79.9. The molecule has 0 radical (unpaired) electrons. The Morgan fingerprint density at radius 2 is 2.21 bits per heavy atom. The van der Waals surface area contributed by atoms with Crippen LogP contribution in [0.3, 0.4) is 0 Å². The van der Waals surface area contributed by atoms with E-state index in [1.165, 1.54) is 0 Å². The smallest absolute Gasteiger partial charge is 0.262 e. The minimum absolute atomic E-state index is 0.155. The highest BCUT2D eigenvalue weighted by molar-refractivity contribution is 9.10. The largest absolute Gasteiger partial charge is 0.327 e. The summed E-state index contributed by atoms with van der Waals surface area (Å²) in [6.45, 7) is 0. The first-order valence-electron chi connectivity index (χ1n) is 3.92. The van der Waals surface area contributed by atoms with E-state index in [9.17, 15) is 4.79 Å². The van der Waals surface area contributed by atoms with E-state index in [1.54, 1.807) is 30.9 Å². The molecule has 0 saturated carbocycles. The highest BCUT2D eigenvalue weighted by Gasteiger charge is 2.01. The Morgan fingerprint density at radius 3 is 2.86 bits per heavy atom. The molecule has 0 aliphatic rings. The van der Waals surface area contributed by atoms with Gasteiger partial charge in [0.1, 0.15) is 0 Å². The summed E-state index contributed by atoms with van der Waals surface area (Å²) in [5.74, 6) is 0. The molecule has 0 spiro atoms. The SMILES string of the molecule is O=c1[nH]cc(-c2cnccn2)cc1Br. The molecule has 1 N–H and O–H groups in total. The van der Waals surface area contributed by atoms with Gasteiger partial charge >= 0.3 is 0 Å². The lowest BCUT2D eigenvalue weighted by Crippen LogP contribution is -2.05. The van der Waals surface area contributed by atoms with Crippen LogP contribution in [0.1, 0.15) is 0 Å². The fourth-order valence-electron chi connectivity index (χ4n) is 1.05. The number of hydrogen-bond acceptors (Lipinski definition) is 3. The first kappa shape index (κ1) is 9.08. The maximum absolute atomic E-state index is 11.1. The van der Waals surface area contributed by atoms with Crippen molar-refractivity contribution in [3.05, 3.63) is 45.7 Å². The molecular formula is C9H6BrN3O. The monoisotopic (exact) mass is 251 g/mol. The minimum Gasteiger partial charge on any atom is -0.327 e. The molecule has 70 valence electrons. The van der Waals surface area contributed by atoms with Gasteiger partial charge in [-0.2, -0.15) is 0 Å². The molecule has 0 saturated heterocycles. The summed E-state index contributed by atoms with van der Waals surface area (Å²) in [4.78, 5) is 21.7. The summed E-state index contributed by atoms with van der Waals surface area (Å²) in [7, 11) is 0. The number of aromatic nitrogens is 3. The van der Waals surface area contributed by atoms with E-state index in [2.05, 4.69) is 30.9 Å². The molecule has 4 nitrogen and oxygen atoms in total. The Hall–Kier alpha value is -1.49. The third-order valence-corrected chi connectivity index (χ3v) is 2.31. The Morgan fingerprint density at radius 1 is 1.36 bits per heavy atom. The van der Waals surface area contributed by atoms with Gasteiger partial charge in [-0.15, -0.1) is 0 Å². The molecule has 0 amide bonds. The maximum Gasteiger partial charge on any atom is 0.262 e. The number of nitrogens with one attached hydrogen (secondary N) is 1. The summed E-state index contributed by atoms with van der Waals surface area (Å²) in [5, 5.41) is 0. The summed E-state index contributed by atoms with van der Waals surface area (Å²) in [6.07, 6.45) is 6.45. The van der Waals surface area contributed by atoms with Gasteiger partial charge in [0.05, 0.1) is 16.4 Å². The summed E-state index contributed by atoms with van der Waals surface area (Å²) in [6, 6.07) is 1.71. The number of halogens is 1. The Bertz CT molecular complexity index is 495. The molecule has 0 unspecified atom stereocenters. The second-order valence-electron chi connectivity index (χ2n) is 2.66. The molecule has 2 rings (SSSR count). The molecule has 5 heteroatoms. The number of H-pyrrole nitrogens is 1. The van der Waals surface area contributed by atoms with Crippen molar-refractivity contribution >= 4 is 15.9 Å².